The molecular formula is C29H35F3N4O4. The number of nitrogens with zero attached hydrogens (tertiary/aromatic N) is 3. The lowest BCUT2D eigenvalue weighted by atomic mass is 10.1. The molecule has 0 aliphatic heterocycles. The van der Waals surface area contributed by atoms with Gasteiger partial charge in [0.15, 0.2) is 0 Å². The Bertz CT molecular complexity index is 1300. The summed E-state index contributed by atoms with van der Waals surface area (Å²) in [5, 5.41) is 6.94. The maximum Gasteiger partial charge on any atom is 0.416 e. The molecule has 1 N–H and O–H groups in total. The van der Waals surface area contributed by atoms with E-state index in [9.17, 15) is 18.0 Å². The van der Waals surface area contributed by atoms with Gasteiger partial charge in [-0.1, -0.05) is 43.5 Å². The van der Waals surface area contributed by atoms with Gasteiger partial charge >= 0.3 is 12.3 Å². The molecule has 0 saturated heterocycles. The fraction of sp³-hybridized carbons (Fsp3) is 0.345. The number of aryl methyl sites for hydroxylation is 1. The standard InChI is InChI=1S/C29H35F3N4O4/c1-9-23(29(30,31)32)15-10-19(2)39-18-25-24(17-34-36(25)7)26(38-8)35-20(3)22-13-11-21(12-14-22)16-33-27(37)40-28(4,5)6/h9-15,17H,1,3,16,18H2,2,4-8H3,(H,33,37)/b19-10+,23-15+,35-26?. The van der Waals surface area contributed by atoms with E-state index in [1.807, 2.05) is 24.3 Å². The number of benzene rings is 1. The predicted octanol–water partition coefficient (Wildman–Crippen LogP) is 6.60. The maximum atomic E-state index is 12.9. The van der Waals surface area contributed by atoms with Gasteiger partial charge in [-0.3, -0.25) is 4.68 Å². The van der Waals surface area contributed by atoms with Crippen LogP contribution in [0.5, 0.6) is 0 Å². The van der Waals surface area contributed by atoms with Crippen LogP contribution in [-0.4, -0.2) is 40.7 Å². The number of rotatable bonds is 10. The highest BCUT2D eigenvalue weighted by Crippen LogP contribution is 2.26. The molecule has 0 aliphatic carbocycles. The van der Waals surface area contributed by atoms with Crippen LogP contribution >= 0.6 is 0 Å². The number of halogens is 3. The van der Waals surface area contributed by atoms with Crippen LogP contribution in [0.15, 0.2) is 78.2 Å². The van der Waals surface area contributed by atoms with Crippen LogP contribution < -0.4 is 5.32 Å². The molecule has 0 fully saturated rings. The summed E-state index contributed by atoms with van der Waals surface area (Å²) in [5.41, 5.74) is 1.68. The molecule has 0 atom stereocenters. The Morgan fingerprint density at radius 3 is 2.38 bits per heavy atom. The number of aliphatic imine (C=N–C) groups is 1. The maximum absolute atomic E-state index is 12.9. The van der Waals surface area contributed by atoms with Crippen molar-refractivity contribution in [2.75, 3.05) is 7.11 Å². The Morgan fingerprint density at radius 1 is 1.18 bits per heavy atom. The Morgan fingerprint density at radius 2 is 1.82 bits per heavy atom. The number of methoxy groups -OCH3 is 1. The highest BCUT2D eigenvalue weighted by molar-refractivity contribution is 5.98. The summed E-state index contributed by atoms with van der Waals surface area (Å²) in [6.45, 7) is 14.4. The molecule has 2 rings (SSSR count). The van der Waals surface area contributed by atoms with Crippen molar-refractivity contribution in [1.82, 2.24) is 15.1 Å². The minimum atomic E-state index is -4.50. The molecule has 1 aromatic heterocycles. The van der Waals surface area contributed by atoms with Crippen LogP contribution in [-0.2, 0) is 34.4 Å². The normalized spacial score (nSPS) is 13.1. The van der Waals surface area contributed by atoms with E-state index >= 15 is 0 Å². The van der Waals surface area contributed by atoms with Crippen molar-refractivity contribution in [1.29, 1.82) is 0 Å². The van der Waals surface area contributed by atoms with Gasteiger partial charge in [-0.2, -0.15) is 18.3 Å². The number of carbonyl (C=O) groups excluding carboxylic acids is 1. The van der Waals surface area contributed by atoms with Crippen molar-refractivity contribution >= 4 is 17.7 Å². The molecule has 2 aromatic rings. The second-order valence-corrected chi connectivity index (χ2v) is 9.64. The molecule has 0 saturated carbocycles. The number of hydrogen-bond donors (Lipinski definition) is 1. The largest absolute Gasteiger partial charge is 0.492 e. The minimum Gasteiger partial charge on any atom is -0.492 e. The van der Waals surface area contributed by atoms with Gasteiger partial charge in [0.25, 0.3) is 0 Å². The third kappa shape index (κ3) is 9.79. The average Bonchev–Trinajstić information content (AvgIpc) is 3.23. The Kier molecular flexibility index (Phi) is 10.9. The first kappa shape index (κ1) is 31.9. The monoisotopic (exact) mass is 560 g/mol. The van der Waals surface area contributed by atoms with Gasteiger partial charge in [0, 0.05) is 13.6 Å². The summed E-state index contributed by atoms with van der Waals surface area (Å²) in [6.07, 6.45) is -0.588. The highest BCUT2D eigenvalue weighted by Gasteiger charge is 2.30. The number of alkyl halides is 3. The van der Waals surface area contributed by atoms with Crippen molar-refractivity contribution in [3.8, 4) is 0 Å². The van der Waals surface area contributed by atoms with Crippen LogP contribution in [0.1, 0.15) is 50.1 Å². The van der Waals surface area contributed by atoms with Gasteiger partial charge < -0.3 is 19.5 Å². The zero-order chi connectivity index (χ0) is 30.1. The molecule has 1 heterocycles. The third-order valence-corrected chi connectivity index (χ3v) is 5.33. The number of alkyl carbamates (subject to hydrolysis) is 1. The van der Waals surface area contributed by atoms with Gasteiger partial charge in [-0.15, -0.1) is 0 Å². The van der Waals surface area contributed by atoms with Crippen LogP contribution in [0.2, 0.25) is 0 Å². The predicted molar refractivity (Wildman–Crippen MR) is 148 cm³/mol. The average molecular weight is 561 g/mol. The summed E-state index contributed by atoms with van der Waals surface area (Å²) in [5.74, 6) is 0.497. The second kappa shape index (κ2) is 13.7. The van der Waals surface area contributed by atoms with E-state index in [0.717, 1.165) is 23.3 Å². The molecule has 0 spiro atoms. The first-order chi connectivity index (χ1) is 18.6. The van der Waals surface area contributed by atoms with Crippen LogP contribution in [0.25, 0.3) is 5.70 Å². The molecule has 40 heavy (non-hydrogen) atoms. The van der Waals surface area contributed by atoms with Crippen LogP contribution in [0.4, 0.5) is 18.0 Å². The fourth-order valence-corrected chi connectivity index (χ4v) is 3.23. The molecule has 0 radical (unpaired) electrons. The van der Waals surface area contributed by atoms with Gasteiger partial charge in [0.1, 0.15) is 12.2 Å². The molecule has 0 bridgehead atoms. The molecule has 8 nitrogen and oxygen atoms in total. The van der Waals surface area contributed by atoms with E-state index in [1.54, 1.807) is 45.6 Å². The Hall–Kier alpha value is -4.28. The zero-order valence-corrected chi connectivity index (χ0v) is 23.6. The third-order valence-electron chi connectivity index (χ3n) is 5.33. The van der Waals surface area contributed by atoms with E-state index in [1.165, 1.54) is 13.2 Å². The van der Waals surface area contributed by atoms with E-state index in [4.69, 9.17) is 14.2 Å². The Balaban J connectivity index is 2.14. The lowest BCUT2D eigenvalue weighted by Gasteiger charge is -2.19. The van der Waals surface area contributed by atoms with Gasteiger partial charge in [-0.05, 0) is 51.0 Å². The zero-order valence-electron chi connectivity index (χ0n) is 23.6. The lowest BCUT2D eigenvalue weighted by molar-refractivity contribution is -0.0881. The number of hydrogen-bond acceptors (Lipinski definition) is 6. The van der Waals surface area contributed by atoms with Crippen molar-refractivity contribution in [2.24, 2.45) is 12.0 Å². The SMILES string of the molecule is C=C/C(=C\C=C(/C)OCc1c(C(=NC(=C)c2ccc(CNC(=O)OC(C)(C)C)cc2)OC)cnn1C)C(F)(F)F. The van der Waals surface area contributed by atoms with Crippen molar-refractivity contribution < 1.29 is 32.2 Å². The van der Waals surface area contributed by atoms with Gasteiger partial charge in [0.2, 0.25) is 5.90 Å². The number of amides is 1. The smallest absolute Gasteiger partial charge is 0.416 e. The molecule has 0 aliphatic rings. The highest BCUT2D eigenvalue weighted by atomic mass is 19.4. The van der Waals surface area contributed by atoms with Gasteiger partial charge in [-0.25, -0.2) is 9.79 Å². The van der Waals surface area contributed by atoms with E-state index in [-0.39, 0.29) is 18.3 Å². The number of aromatic nitrogens is 2. The van der Waals surface area contributed by atoms with E-state index in [0.29, 0.717) is 23.5 Å². The molecule has 1 aromatic carbocycles. The number of allylic oxidation sites excluding steroid dienone is 5. The molecule has 0 unspecified atom stereocenters. The molecule has 216 valence electrons. The lowest BCUT2D eigenvalue weighted by Crippen LogP contribution is -2.32. The summed E-state index contributed by atoms with van der Waals surface area (Å²) in [7, 11) is 3.16. The summed E-state index contributed by atoms with van der Waals surface area (Å²) >= 11 is 0. The van der Waals surface area contributed by atoms with Crippen LogP contribution in [0, 0.1) is 0 Å². The molecule has 1 amide bonds. The van der Waals surface area contributed by atoms with Crippen molar-refractivity contribution in [3.05, 3.63) is 95.6 Å². The summed E-state index contributed by atoms with van der Waals surface area (Å²) < 4.78 is 56.7. The Labute approximate surface area is 232 Å². The second-order valence-electron chi connectivity index (χ2n) is 9.64. The first-order valence-electron chi connectivity index (χ1n) is 12.2. The molecule has 11 heteroatoms. The fourth-order valence-electron chi connectivity index (χ4n) is 3.23. The minimum absolute atomic E-state index is 0.00560. The molecular weight excluding hydrogens is 525 g/mol. The van der Waals surface area contributed by atoms with Crippen LogP contribution in [0.3, 0.4) is 0 Å². The summed E-state index contributed by atoms with van der Waals surface area (Å²) in [6, 6.07) is 7.31. The van der Waals surface area contributed by atoms with E-state index in [2.05, 4.69) is 28.6 Å². The topological polar surface area (TPSA) is 87.0 Å². The van der Waals surface area contributed by atoms with E-state index < -0.39 is 23.4 Å². The van der Waals surface area contributed by atoms with Crippen molar-refractivity contribution in [2.45, 2.75) is 52.6 Å². The quantitative estimate of drug-likeness (QED) is 0.153. The van der Waals surface area contributed by atoms with Gasteiger partial charge in [0.05, 0.1) is 41.6 Å². The van der Waals surface area contributed by atoms with Crippen molar-refractivity contribution in [3.63, 3.8) is 0 Å². The first-order valence-corrected chi connectivity index (χ1v) is 12.2. The summed E-state index contributed by atoms with van der Waals surface area (Å²) in [4.78, 5) is 16.4. The number of ether oxygens (including phenoxy) is 3. The number of carbonyl (C=O) groups is 1. The number of nitrogens with one attached hydrogen (secondary N) is 1.